The van der Waals surface area contributed by atoms with Crippen LogP contribution in [0.3, 0.4) is 0 Å². The number of amides is 1. The summed E-state index contributed by atoms with van der Waals surface area (Å²) in [5.74, 6) is -0.622. The first-order chi connectivity index (χ1) is 6.45. The smallest absolute Gasteiger partial charge is 0.326 e. The Morgan fingerprint density at radius 2 is 2.07 bits per heavy atom. The zero-order chi connectivity index (χ0) is 10.9. The molecule has 1 N–H and O–H groups in total. The summed E-state index contributed by atoms with van der Waals surface area (Å²) in [7, 11) is 0. The van der Waals surface area contributed by atoms with Crippen molar-refractivity contribution >= 4 is 11.9 Å². The molecule has 4 heteroatoms. The van der Waals surface area contributed by atoms with Gasteiger partial charge in [-0.15, -0.1) is 0 Å². The first kappa shape index (κ1) is 11.0. The quantitative estimate of drug-likeness (QED) is 0.736. The molecule has 0 aromatic carbocycles. The Hall–Kier alpha value is -1.06. The fraction of sp³-hybridized carbons (Fsp3) is 0.800. The van der Waals surface area contributed by atoms with Gasteiger partial charge in [0, 0.05) is 12.5 Å². The van der Waals surface area contributed by atoms with Crippen LogP contribution >= 0.6 is 0 Å². The first-order valence-corrected chi connectivity index (χ1v) is 4.98. The number of carboxylic acids is 1. The van der Waals surface area contributed by atoms with Gasteiger partial charge in [0.15, 0.2) is 0 Å². The average molecular weight is 199 g/mol. The van der Waals surface area contributed by atoms with E-state index in [1.54, 1.807) is 6.92 Å². The maximum atomic E-state index is 11.8. The molecule has 0 aromatic heterocycles. The second-order valence-corrected chi connectivity index (χ2v) is 4.19. The van der Waals surface area contributed by atoms with E-state index in [0.29, 0.717) is 12.5 Å². The Morgan fingerprint density at radius 3 is 2.43 bits per heavy atom. The lowest BCUT2D eigenvalue weighted by Gasteiger charge is -2.21. The van der Waals surface area contributed by atoms with Crippen LogP contribution in [-0.2, 0) is 9.59 Å². The third-order valence-electron chi connectivity index (χ3n) is 2.91. The highest BCUT2D eigenvalue weighted by molar-refractivity contribution is 5.86. The minimum atomic E-state index is -0.928. The van der Waals surface area contributed by atoms with Crippen molar-refractivity contribution in [1.82, 2.24) is 4.90 Å². The molecular weight excluding hydrogens is 182 g/mol. The molecule has 0 spiro atoms. The van der Waals surface area contributed by atoms with Gasteiger partial charge in [-0.25, -0.2) is 4.79 Å². The molecule has 1 saturated heterocycles. The van der Waals surface area contributed by atoms with Crippen LogP contribution in [0.1, 0.15) is 27.2 Å². The molecule has 0 aliphatic carbocycles. The van der Waals surface area contributed by atoms with E-state index in [1.807, 2.05) is 13.8 Å². The number of hydrogen-bond donors (Lipinski definition) is 1. The highest BCUT2D eigenvalue weighted by Crippen LogP contribution is 2.26. The predicted octanol–water partition coefficient (Wildman–Crippen LogP) is 0.964. The summed E-state index contributed by atoms with van der Waals surface area (Å²) in [6, 6.07) is -0.689. The number of carboxylic acid groups (broad SMARTS) is 1. The van der Waals surface area contributed by atoms with Crippen molar-refractivity contribution < 1.29 is 14.7 Å². The van der Waals surface area contributed by atoms with Crippen LogP contribution in [0.15, 0.2) is 0 Å². The Balaban J connectivity index is 2.69. The number of rotatable bonds is 3. The maximum Gasteiger partial charge on any atom is 0.326 e. The summed E-state index contributed by atoms with van der Waals surface area (Å²) in [6.45, 7) is 6.13. The van der Waals surface area contributed by atoms with Crippen molar-refractivity contribution in [1.29, 1.82) is 0 Å². The topological polar surface area (TPSA) is 57.6 Å². The Kier molecular flexibility index (Phi) is 3.13. The second kappa shape index (κ2) is 3.98. The Labute approximate surface area is 83.9 Å². The van der Waals surface area contributed by atoms with Crippen molar-refractivity contribution in [3.63, 3.8) is 0 Å². The largest absolute Gasteiger partial charge is 0.480 e. The van der Waals surface area contributed by atoms with Gasteiger partial charge >= 0.3 is 5.97 Å². The summed E-state index contributed by atoms with van der Waals surface area (Å²) < 4.78 is 0. The molecule has 0 saturated carbocycles. The minimum absolute atomic E-state index is 0.00472. The molecule has 2 atom stereocenters. The number of hydrogen-bond acceptors (Lipinski definition) is 2. The number of aliphatic carboxylic acids is 1. The lowest BCUT2D eigenvalue weighted by molar-refractivity contribution is -0.148. The molecule has 1 rings (SSSR count). The van der Waals surface area contributed by atoms with Gasteiger partial charge in [-0.05, 0) is 19.3 Å². The molecule has 1 heterocycles. The van der Waals surface area contributed by atoms with Gasteiger partial charge in [0.05, 0.1) is 0 Å². The number of carbonyl (C=O) groups excluding carboxylic acids is 1. The standard InChI is InChI=1S/C10H17NO3/c1-6(2)8-4-5-11(9(8)12)7(3)10(13)14/h6-8H,4-5H2,1-3H3,(H,13,14). The minimum Gasteiger partial charge on any atom is -0.480 e. The van der Waals surface area contributed by atoms with Gasteiger partial charge < -0.3 is 10.0 Å². The van der Waals surface area contributed by atoms with Crippen LogP contribution in [0.5, 0.6) is 0 Å². The monoisotopic (exact) mass is 199 g/mol. The summed E-state index contributed by atoms with van der Waals surface area (Å²) >= 11 is 0. The normalized spacial score (nSPS) is 24.4. The number of carbonyl (C=O) groups is 2. The highest BCUT2D eigenvalue weighted by Gasteiger charge is 2.37. The Morgan fingerprint density at radius 1 is 1.50 bits per heavy atom. The van der Waals surface area contributed by atoms with E-state index in [-0.39, 0.29) is 11.8 Å². The molecule has 1 fully saturated rings. The molecule has 80 valence electrons. The third-order valence-corrected chi connectivity index (χ3v) is 2.91. The van der Waals surface area contributed by atoms with Crippen molar-refractivity contribution in [2.24, 2.45) is 11.8 Å². The van der Waals surface area contributed by atoms with Crippen LogP contribution < -0.4 is 0 Å². The molecule has 14 heavy (non-hydrogen) atoms. The molecule has 1 aliphatic rings. The summed E-state index contributed by atoms with van der Waals surface area (Å²) in [5, 5.41) is 8.79. The van der Waals surface area contributed by atoms with Crippen LogP contribution in [-0.4, -0.2) is 34.5 Å². The predicted molar refractivity (Wildman–Crippen MR) is 51.8 cm³/mol. The van der Waals surface area contributed by atoms with Gasteiger partial charge in [0.1, 0.15) is 6.04 Å². The summed E-state index contributed by atoms with van der Waals surface area (Å²) in [6.07, 6.45) is 0.786. The van der Waals surface area contributed by atoms with Crippen molar-refractivity contribution in [2.75, 3.05) is 6.54 Å². The lowest BCUT2D eigenvalue weighted by Crippen LogP contribution is -2.41. The van der Waals surface area contributed by atoms with Gasteiger partial charge in [-0.2, -0.15) is 0 Å². The van der Waals surface area contributed by atoms with Crippen LogP contribution in [0, 0.1) is 11.8 Å². The van der Waals surface area contributed by atoms with E-state index in [9.17, 15) is 9.59 Å². The zero-order valence-electron chi connectivity index (χ0n) is 8.86. The second-order valence-electron chi connectivity index (χ2n) is 4.19. The number of likely N-dealkylation sites (tertiary alicyclic amines) is 1. The van der Waals surface area contributed by atoms with Gasteiger partial charge in [-0.3, -0.25) is 4.79 Å². The third kappa shape index (κ3) is 1.89. The maximum absolute atomic E-state index is 11.8. The van der Waals surface area contributed by atoms with Gasteiger partial charge in [-0.1, -0.05) is 13.8 Å². The van der Waals surface area contributed by atoms with Gasteiger partial charge in [0.25, 0.3) is 0 Å². The number of nitrogens with zero attached hydrogens (tertiary/aromatic N) is 1. The Bertz CT molecular complexity index is 250. The van der Waals surface area contributed by atoms with E-state index in [2.05, 4.69) is 0 Å². The fourth-order valence-corrected chi connectivity index (χ4v) is 1.86. The van der Waals surface area contributed by atoms with E-state index < -0.39 is 12.0 Å². The fourth-order valence-electron chi connectivity index (χ4n) is 1.86. The molecular formula is C10H17NO3. The van der Waals surface area contributed by atoms with E-state index in [0.717, 1.165) is 6.42 Å². The molecule has 0 bridgehead atoms. The summed E-state index contributed by atoms with van der Waals surface area (Å²) in [5.41, 5.74) is 0. The average Bonchev–Trinajstić information content (AvgIpc) is 2.45. The van der Waals surface area contributed by atoms with Crippen LogP contribution in [0.2, 0.25) is 0 Å². The highest BCUT2D eigenvalue weighted by atomic mass is 16.4. The molecule has 1 aliphatic heterocycles. The lowest BCUT2D eigenvalue weighted by atomic mass is 9.95. The SMILES string of the molecule is CC(C)C1CCN(C(C)C(=O)O)C1=O. The van der Waals surface area contributed by atoms with E-state index in [4.69, 9.17) is 5.11 Å². The van der Waals surface area contributed by atoms with E-state index in [1.165, 1.54) is 4.90 Å². The molecule has 0 radical (unpaired) electrons. The van der Waals surface area contributed by atoms with Crippen LogP contribution in [0.4, 0.5) is 0 Å². The van der Waals surface area contributed by atoms with Crippen LogP contribution in [0.25, 0.3) is 0 Å². The zero-order valence-corrected chi connectivity index (χ0v) is 8.86. The van der Waals surface area contributed by atoms with Crippen molar-refractivity contribution in [3.05, 3.63) is 0 Å². The first-order valence-electron chi connectivity index (χ1n) is 4.98. The van der Waals surface area contributed by atoms with Crippen molar-refractivity contribution in [3.8, 4) is 0 Å². The van der Waals surface area contributed by atoms with E-state index >= 15 is 0 Å². The molecule has 4 nitrogen and oxygen atoms in total. The molecule has 0 aromatic rings. The molecule has 2 unspecified atom stereocenters. The molecule has 1 amide bonds. The summed E-state index contributed by atoms with van der Waals surface area (Å²) in [4.78, 5) is 23.9. The van der Waals surface area contributed by atoms with Gasteiger partial charge in [0.2, 0.25) is 5.91 Å². The van der Waals surface area contributed by atoms with Crippen molar-refractivity contribution in [2.45, 2.75) is 33.2 Å².